The molecule has 1 saturated heterocycles. The number of benzene rings is 2. The van der Waals surface area contributed by atoms with Gasteiger partial charge in [0, 0.05) is 49.3 Å². The molecule has 4 rings (SSSR count). The van der Waals surface area contributed by atoms with Crippen molar-refractivity contribution in [3.63, 3.8) is 0 Å². The fraction of sp³-hybridized carbons (Fsp3) is 0.217. The summed E-state index contributed by atoms with van der Waals surface area (Å²) in [6, 6.07) is 19.2. The number of methoxy groups -OCH3 is 1. The number of hydrogen-bond acceptors (Lipinski definition) is 5. The second-order valence-corrected chi connectivity index (χ2v) is 6.91. The Hall–Kier alpha value is -3.54. The van der Waals surface area contributed by atoms with E-state index in [9.17, 15) is 4.79 Å². The van der Waals surface area contributed by atoms with Gasteiger partial charge in [-0.1, -0.05) is 0 Å². The van der Waals surface area contributed by atoms with E-state index in [0.29, 0.717) is 5.56 Å². The number of carbonyl (C=O) groups excluding carboxylic acids is 1. The second-order valence-electron chi connectivity index (χ2n) is 6.91. The van der Waals surface area contributed by atoms with Crippen LogP contribution in [0.25, 0.3) is 0 Å². The Morgan fingerprint density at radius 3 is 2.14 bits per heavy atom. The van der Waals surface area contributed by atoms with E-state index in [2.05, 4.69) is 38.3 Å². The van der Waals surface area contributed by atoms with Gasteiger partial charge >= 0.3 is 0 Å². The van der Waals surface area contributed by atoms with Crippen LogP contribution >= 0.6 is 0 Å². The molecule has 2 aromatic carbocycles. The summed E-state index contributed by atoms with van der Waals surface area (Å²) in [6.07, 6.45) is 3.71. The number of piperazine rings is 1. The average Bonchev–Trinajstić information content (AvgIpc) is 2.80. The van der Waals surface area contributed by atoms with Gasteiger partial charge < -0.3 is 19.9 Å². The van der Waals surface area contributed by atoms with E-state index in [4.69, 9.17) is 4.74 Å². The molecule has 0 unspecified atom stereocenters. The van der Waals surface area contributed by atoms with Crippen LogP contribution < -0.4 is 19.9 Å². The Morgan fingerprint density at radius 2 is 1.55 bits per heavy atom. The Bertz CT molecular complexity index is 935. The zero-order valence-electron chi connectivity index (χ0n) is 16.4. The van der Waals surface area contributed by atoms with Crippen LogP contribution in [0.4, 0.5) is 17.1 Å². The fourth-order valence-electron chi connectivity index (χ4n) is 3.46. The van der Waals surface area contributed by atoms with E-state index in [1.165, 1.54) is 11.4 Å². The number of pyridine rings is 1. The minimum atomic E-state index is -0.134. The van der Waals surface area contributed by atoms with Crippen molar-refractivity contribution in [1.29, 1.82) is 0 Å². The lowest BCUT2D eigenvalue weighted by Gasteiger charge is -2.37. The van der Waals surface area contributed by atoms with Crippen LogP contribution in [0.15, 0.2) is 73.1 Å². The Morgan fingerprint density at radius 1 is 0.897 bits per heavy atom. The van der Waals surface area contributed by atoms with Gasteiger partial charge in [-0.2, -0.15) is 0 Å². The molecule has 0 spiro atoms. The van der Waals surface area contributed by atoms with Gasteiger partial charge in [0.05, 0.1) is 19.0 Å². The number of rotatable bonds is 5. The molecule has 2 heterocycles. The number of hydrogen-bond donors (Lipinski definition) is 1. The topological polar surface area (TPSA) is 57.7 Å². The van der Waals surface area contributed by atoms with Crippen LogP contribution in [0.5, 0.6) is 5.75 Å². The number of carbonyl (C=O) groups is 1. The molecule has 0 saturated carbocycles. The van der Waals surface area contributed by atoms with E-state index in [1.807, 2.05) is 24.4 Å². The van der Waals surface area contributed by atoms with Crippen molar-refractivity contribution in [2.45, 2.75) is 0 Å². The van der Waals surface area contributed by atoms with Gasteiger partial charge in [-0.15, -0.1) is 0 Å². The van der Waals surface area contributed by atoms with E-state index < -0.39 is 0 Å². The van der Waals surface area contributed by atoms with Gasteiger partial charge in [-0.25, -0.2) is 0 Å². The quantitative estimate of drug-likeness (QED) is 0.723. The van der Waals surface area contributed by atoms with Crippen molar-refractivity contribution in [1.82, 2.24) is 4.98 Å². The standard InChI is InChI=1S/C23H24N4O2/c1-29-22-10-4-18(5-11-22)23(28)25-19-6-8-20(9-7-19)26-13-15-27(16-14-26)21-3-2-12-24-17-21/h2-12,17H,13-16H2,1H3,(H,25,28). The fourth-order valence-corrected chi connectivity index (χ4v) is 3.46. The Labute approximate surface area is 170 Å². The Balaban J connectivity index is 1.34. The van der Waals surface area contributed by atoms with E-state index >= 15 is 0 Å². The zero-order valence-corrected chi connectivity index (χ0v) is 16.4. The maximum absolute atomic E-state index is 12.4. The van der Waals surface area contributed by atoms with Gasteiger partial charge in [-0.05, 0) is 60.7 Å². The molecule has 3 aromatic rings. The third-order valence-electron chi connectivity index (χ3n) is 5.13. The number of ether oxygens (including phenoxy) is 1. The SMILES string of the molecule is COc1ccc(C(=O)Nc2ccc(N3CCN(c4cccnc4)CC3)cc2)cc1. The minimum absolute atomic E-state index is 0.134. The van der Waals surface area contributed by atoms with Gasteiger partial charge in [0.25, 0.3) is 5.91 Å². The van der Waals surface area contributed by atoms with Crippen LogP contribution in [0, 0.1) is 0 Å². The normalized spacial score (nSPS) is 13.8. The van der Waals surface area contributed by atoms with Gasteiger partial charge in [0.1, 0.15) is 5.75 Å². The first-order valence-electron chi connectivity index (χ1n) is 9.68. The lowest BCUT2D eigenvalue weighted by molar-refractivity contribution is 0.102. The van der Waals surface area contributed by atoms with Gasteiger partial charge in [0.2, 0.25) is 0 Å². The van der Waals surface area contributed by atoms with Crippen LogP contribution in [0.3, 0.4) is 0 Å². The Kier molecular flexibility index (Phi) is 5.61. The van der Waals surface area contributed by atoms with E-state index in [0.717, 1.165) is 37.6 Å². The van der Waals surface area contributed by atoms with Crippen molar-refractivity contribution in [2.24, 2.45) is 0 Å². The molecule has 29 heavy (non-hydrogen) atoms. The summed E-state index contributed by atoms with van der Waals surface area (Å²) in [4.78, 5) is 21.3. The summed E-state index contributed by atoms with van der Waals surface area (Å²) in [5.74, 6) is 0.597. The molecule has 1 aliphatic heterocycles. The highest BCUT2D eigenvalue weighted by Gasteiger charge is 2.17. The summed E-state index contributed by atoms with van der Waals surface area (Å²) in [6.45, 7) is 3.82. The first kappa shape index (κ1) is 18.8. The summed E-state index contributed by atoms with van der Waals surface area (Å²) >= 11 is 0. The van der Waals surface area contributed by atoms with Gasteiger partial charge in [-0.3, -0.25) is 9.78 Å². The highest BCUT2D eigenvalue weighted by atomic mass is 16.5. The number of nitrogens with zero attached hydrogens (tertiary/aromatic N) is 3. The highest BCUT2D eigenvalue weighted by Crippen LogP contribution is 2.22. The third kappa shape index (κ3) is 4.48. The minimum Gasteiger partial charge on any atom is -0.497 e. The molecule has 1 fully saturated rings. The molecule has 1 aliphatic rings. The number of amides is 1. The second kappa shape index (κ2) is 8.65. The monoisotopic (exact) mass is 388 g/mol. The highest BCUT2D eigenvalue weighted by molar-refractivity contribution is 6.04. The number of nitrogens with one attached hydrogen (secondary N) is 1. The zero-order chi connectivity index (χ0) is 20.1. The summed E-state index contributed by atoms with van der Waals surface area (Å²) in [5.41, 5.74) is 3.71. The van der Waals surface area contributed by atoms with Gasteiger partial charge in [0.15, 0.2) is 0 Å². The molecule has 0 atom stereocenters. The molecule has 0 aliphatic carbocycles. The summed E-state index contributed by atoms with van der Waals surface area (Å²) in [7, 11) is 1.61. The van der Waals surface area contributed by atoms with Crippen molar-refractivity contribution in [3.05, 3.63) is 78.6 Å². The first-order chi connectivity index (χ1) is 14.2. The lowest BCUT2D eigenvalue weighted by atomic mass is 10.2. The predicted octanol–water partition coefficient (Wildman–Crippen LogP) is 3.67. The summed E-state index contributed by atoms with van der Waals surface area (Å²) < 4.78 is 5.13. The van der Waals surface area contributed by atoms with Crippen molar-refractivity contribution >= 4 is 23.0 Å². The van der Waals surface area contributed by atoms with Crippen LogP contribution in [-0.2, 0) is 0 Å². The smallest absolute Gasteiger partial charge is 0.255 e. The molecule has 148 valence electrons. The molecule has 1 aromatic heterocycles. The molecule has 6 heteroatoms. The summed E-state index contributed by atoms with van der Waals surface area (Å²) in [5, 5.41) is 2.94. The first-order valence-corrected chi connectivity index (χ1v) is 9.68. The predicted molar refractivity (Wildman–Crippen MR) is 116 cm³/mol. The van der Waals surface area contributed by atoms with Crippen LogP contribution in [0.2, 0.25) is 0 Å². The molecular formula is C23H24N4O2. The molecule has 6 nitrogen and oxygen atoms in total. The molecule has 0 radical (unpaired) electrons. The van der Waals surface area contributed by atoms with Crippen LogP contribution in [-0.4, -0.2) is 44.2 Å². The number of aromatic nitrogens is 1. The molecular weight excluding hydrogens is 364 g/mol. The van der Waals surface area contributed by atoms with E-state index in [1.54, 1.807) is 37.6 Å². The van der Waals surface area contributed by atoms with Crippen molar-refractivity contribution < 1.29 is 9.53 Å². The lowest BCUT2D eigenvalue weighted by Crippen LogP contribution is -2.46. The molecule has 1 amide bonds. The number of anilines is 3. The maximum atomic E-state index is 12.4. The van der Waals surface area contributed by atoms with Crippen LogP contribution in [0.1, 0.15) is 10.4 Å². The largest absolute Gasteiger partial charge is 0.497 e. The molecule has 1 N–H and O–H groups in total. The van der Waals surface area contributed by atoms with E-state index in [-0.39, 0.29) is 5.91 Å². The average molecular weight is 388 g/mol. The third-order valence-corrected chi connectivity index (χ3v) is 5.13. The maximum Gasteiger partial charge on any atom is 0.255 e. The van der Waals surface area contributed by atoms with Crippen molar-refractivity contribution in [3.8, 4) is 5.75 Å². The molecule has 0 bridgehead atoms. The van der Waals surface area contributed by atoms with Crippen molar-refractivity contribution in [2.75, 3.05) is 48.4 Å².